The van der Waals surface area contributed by atoms with Crippen LogP contribution in [0.3, 0.4) is 0 Å². The first-order valence-electron chi connectivity index (χ1n) is 8.29. The van der Waals surface area contributed by atoms with E-state index in [0.717, 1.165) is 35.9 Å². The molecule has 0 aliphatic carbocycles. The van der Waals surface area contributed by atoms with E-state index in [-0.39, 0.29) is 0 Å². The number of aliphatic imine (C=N–C) groups is 1. The lowest BCUT2D eigenvalue weighted by atomic mass is 10.2. The van der Waals surface area contributed by atoms with E-state index in [2.05, 4.69) is 32.7 Å². The Labute approximate surface area is 144 Å². The van der Waals surface area contributed by atoms with Crippen molar-refractivity contribution in [3.05, 3.63) is 59.4 Å². The molecule has 5 nitrogen and oxygen atoms in total. The summed E-state index contributed by atoms with van der Waals surface area (Å²) in [4.78, 5) is 8.57. The highest BCUT2D eigenvalue weighted by Gasteiger charge is 2.04. The second kappa shape index (κ2) is 9.55. The Balaban J connectivity index is 1.81. The van der Waals surface area contributed by atoms with E-state index in [0.29, 0.717) is 13.2 Å². The monoisotopic (exact) mass is 326 g/mol. The molecule has 0 spiro atoms. The minimum absolute atomic E-state index is 0.661. The number of aryl methyl sites for hydroxylation is 1. The third-order valence-corrected chi connectivity index (χ3v) is 3.62. The number of guanidine groups is 1. The molecule has 0 atom stereocenters. The van der Waals surface area contributed by atoms with E-state index in [4.69, 9.17) is 4.74 Å². The van der Waals surface area contributed by atoms with Crippen LogP contribution in [0, 0.1) is 6.92 Å². The van der Waals surface area contributed by atoms with E-state index < -0.39 is 0 Å². The fourth-order valence-electron chi connectivity index (χ4n) is 2.32. The maximum Gasteiger partial charge on any atom is 0.191 e. The molecule has 24 heavy (non-hydrogen) atoms. The van der Waals surface area contributed by atoms with Gasteiger partial charge in [0.05, 0.1) is 6.61 Å². The van der Waals surface area contributed by atoms with Gasteiger partial charge in [-0.2, -0.15) is 0 Å². The van der Waals surface area contributed by atoms with Crippen molar-refractivity contribution in [3.8, 4) is 5.75 Å². The van der Waals surface area contributed by atoms with Crippen molar-refractivity contribution >= 4 is 5.96 Å². The van der Waals surface area contributed by atoms with Crippen LogP contribution >= 0.6 is 0 Å². The van der Waals surface area contributed by atoms with E-state index in [1.807, 2.05) is 44.3 Å². The van der Waals surface area contributed by atoms with Gasteiger partial charge in [0.2, 0.25) is 0 Å². The quantitative estimate of drug-likeness (QED) is 0.607. The maximum atomic E-state index is 5.64. The SMILES string of the molecule is CCOc1ccccc1CNC(=NC)NCCc1ccc(C)nc1. The molecule has 5 heteroatoms. The summed E-state index contributed by atoms with van der Waals surface area (Å²) in [6.45, 7) is 6.12. The summed E-state index contributed by atoms with van der Waals surface area (Å²) >= 11 is 0. The molecule has 0 aliphatic rings. The number of benzene rings is 1. The number of aromatic nitrogens is 1. The number of hydrogen-bond acceptors (Lipinski definition) is 3. The van der Waals surface area contributed by atoms with Gasteiger partial charge in [0.25, 0.3) is 0 Å². The second-order valence-electron chi connectivity index (χ2n) is 5.45. The summed E-state index contributed by atoms with van der Waals surface area (Å²) in [6.07, 6.45) is 2.83. The number of hydrogen-bond donors (Lipinski definition) is 2. The van der Waals surface area contributed by atoms with Crippen molar-refractivity contribution in [3.63, 3.8) is 0 Å². The molecule has 0 radical (unpaired) electrons. The zero-order valence-corrected chi connectivity index (χ0v) is 14.7. The Morgan fingerprint density at radius 3 is 2.71 bits per heavy atom. The Morgan fingerprint density at radius 1 is 1.17 bits per heavy atom. The molecule has 0 unspecified atom stereocenters. The Bertz CT molecular complexity index is 653. The normalized spacial score (nSPS) is 11.2. The van der Waals surface area contributed by atoms with Gasteiger partial charge in [0.1, 0.15) is 5.75 Å². The van der Waals surface area contributed by atoms with E-state index >= 15 is 0 Å². The molecule has 0 fully saturated rings. The summed E-state index contributed by atoms with van der Waals surface area (Å²) in [5.41, 5.74) is 3.37. The van der Waals surface area contributed by atoms with Gasteiger partial charge in [-0.15, -0.1) is 0 Å². The van der Waals surface area contributed by atoms with Crippen LogP contribution in [-0.2, 0) is 13.0 Å². The van der Waals surface area contributed by atoms with Gasteiger partial charge in [0, 0.05) is 37.6 Å². The average molecular weight is 326 g/mol. The Kier molecular flexibility index (Phi) is 7.08. The second-order valence-corrected chi connectivity index (χ2v) is 5.45. The van der Waals surface area contributed by atoms with Crippen molar-refractivity contribution in [2.45, 2.75) is 26.8 Å². The van der Waals surface area contributed by atoms with Gasteiger partial charge < -0.3 is 15.4 Å². The number of rotatable bonds is 7. The zero-order valence-electron chi connectivity index (χ0n) is 14.7. The molecule has 0 bridgehead atoms. The van der Waals surface area contributed by atoms with Crippen LogP contribution in [-0.4, -0.2) is 31.1 Å². The summed E-state index contributed by atoms with van der Waals surface area (Å²) in [7, 11) is 1.78. The van der Waals surface area contributed by atoms with Gasteiger partial charge in [-0.1, -0.05) is 24.3 Å². The highest BCUT2D eigenvalue weighted by Crippen LogP contribution is 2.17. The van der Waals surface area contributed by atoms with E-state index in [9.17, 15) is 0 Å². The Morgan fingerprint density at radius 2 is 2.00 bits per heavy atom. The minimum Gasteiger partial charge on any atom is -0.494 e. The highest BCUT2D eigenvalue weighted by atomic mass is 16.5. The molecule has 0 aliphatic heterocycles. The van der Waals surface area contributed by atoms with Gasteiger partial charge in [-0.25, -0.2) is 0 Å². The van der Waals surface area contributed by atoms with Crippen LogP contribution in [0.1, 0.15) is 23.7 Å². The summed E-state index contributed by atoms with van der Waals surface area (Å²) in [6, 6.07) is 12.2. The lowest BCUT2D eigenvalue weighted by molar-refractivity contribution is 0.336. The lowest BCUT2D eigenvalue weighted by Gasteiger charge is -2.14. The molecule has 2 N–H and O–H groups in total. The molecule has 1 aromatic heterocycles. The standard InChI is InChI=1S/C19H26N4O/c1-4-24-18-8-6-5-7-17(18)14-23-19(20-3)21-12-11-16-10-9-15(2)22-13-16/h5-10,13H,4,11-12,14H2,1-3H3,(H2,20,21,23). The Hall–Kier alpha value is -2.56. The zero-order chi connectivity index (χ0) is 17.2. The predicted octanol–water partition coefficient (Wildman–Crippen LogP) is 2.70. The first kappa shape index (κ1) is 17.8. The molecule has 2 aromatic rings. The van der Waals surface area contributed by atoms with Gasteiger partial charge in [-0.3, -0.25) is 9.98 Å². The number of nitrogens with one attached hydrogen (secondary N) is 2. The van der Waals surface area contributed by atoms with Crippen LogP contribution < -0.4 is 15.4 Å². The van der Waals surface area contributed by atoms with Crippen molar-refractivity contribution in [2.24, 2.45) is 4.99 Å². The summed E-state index contributed by atoms with van der Waals surface area (Å²) in [5, 5.41) is 6.65. The fraction of sp³-hybridized carbons (Fsp3) is 0.368. The molecule has 0 amide bonds. The topological polar surface area (TPSA) is 58.5 Å². The molecule has 2 rings (SSSR count). The van der Waals surface area contributed by atoms with E-state index in [1.165, 1.54) is 5.56 Å². The highest BCUT2D eigenvalue weighted by molar-refractivity contribution is 5.79. The van der Waals surface area contributed by atoms with Gasteiger partial charge in [-0.05, 0) is 38.0 Å². The van der Waals surface area contributed by atoms with Crippen LogP contribution in [0.5, 0.6) is 5.75 Å². The molecule has 1 heterocycles. The van der Waals surface area contributed by atoms with Crippen LogP contribution in [0.25, 0.3) is 0 Å². The number of para-hydroxylation sites is 1. The smallest absolute Gasteiger partial charge is 0.191 e. The number of ether oxygens (including phenoxy) is 1. The first-order valence-corrected chi connectivity index (χ1v) is 8.29. The third-order valence-electron chi connectivity index (χ3n) is 3.62. The summed E-state index contributed by atoms with van der Waals surface area (Å²) < 4.78 is 5.64. The third kappa shape index (κ3) is 5.57. The minimum atomic E-state index is 0.661. The molecular weight excluding hydrogens is 300 g/mol. The molecule has 128 valence electrons. The van der Waals surface area contributed by atoms with Crippen molar-refractivity contribution in [2.75, 3.05) is 20.2 Å². The van der Waals surface area contributed by atoms with Crippen LogP contribution in [0.15, 0.2) is 47.6 Å². The predicted molar refractivity (Wildman–Crippen MR) is 98.5 cm³/mol. The largest absolute Gasteiger partial charge is 0.494 e. The number of nitrogens with zero attached hydrogens (tertiary/aromatic N) is 2. The van der Waals surface area contributed by atoms with Crippen LogP contribution in [0.4, 0.5) is 0 Å². The molecule has 0 saturated heterocycles. The van der Waals surface area contributed by atoms with Gasteiger partial charge >= 0.3 is 0 Å². The molecule has 1 aromatic carbocycles. The van der Waals surface area contributed by atoms with Crippen molar-refractivity contribution < 1.29 is 4.74 Å². The van der Waals surface area contributed by atoms with E-state index in [1.54, 1.807) is 7.05 Å². The molecular formula is C19H26N4O. The maximum absolute atomic E-state index is 5.64. The first-order chi connectivity index (χ1) is 11.7. The summed E-state index contributed by atoms with van der Waals surface area (Å²) in [5.74, 6) is 1.69. The average Bonchev–Trinajstić information content (AvgIpc) is 2.61. The molecule has 0 saturated carbocycles. The fourth-order valence-corrected chi connectivity index (χ4v) is 2.32. The van der Waals surface area contributed by atoms with Crippen LogP contribution in [0.2, 0.25) is 0 Å². The lowest BCUT2D eigenvalue weighted by Crippen LogP contribution is -2.37. The van der Waals surface area contributed by atoms with Crippen molar-refractivity contribution in [1.29, 1.82) is 0 Å². The number of pyridine rings is 1. The van der Waals surface area contributed by atoms with Crippen molar-refractivity contribution in [1.82, 2.24) is 15.6 Å². The van der Waals surface area contributed by atoms with Gasteiger partial charge in [0.15, 0.2) is 5.96 Å².